The number of fused-ring (bicyclic) bond motifs is 1. The average molecular weight is 410 g/mol. The van der Waals surface area contributed by atoms with Gasteiger partial charge in [-0.3, -0.25) is 4.68 Å². The Morgan fingerprint density at radius 3 is 2.72 bits per heavy atom. The second kappa shape index (κ2) is 9.58. The zero-order chi connectivity index (χ0) is 18.4. The zero-order valence-corrected chi connectivity index (χ0v) is 17.8. The van der Waals surface area contributed by atoms with Crippen LogP contribution in [0.3, 0.4) is 0 Å². The summed E-state index contributed by atoms with van der Waals surface area (Å²) in [6.45, 7) is 7.50. The lowest BCUT2D eigenvalue weighted by molar-refractivity contribution is 0.180. The third kappa shape index (κ3) is 4.76. The number of halogens is 1. The van der Waals surface area contributed by atoms with Gasteiger partial charge in [0.1, 0.15) is 5.75 Å². The third-order valence-corrected chi connectivity index (χ3v) is 5.79. The van der Waals surface area contributed by atoms with E-state index < -0.39 is 0 Å². The van der Waals surface area contributed by atoms with Crippen molar-refractivity contribution in [3.63, 3.8) is 0 Å². The number of nitrogens with zero attached hydrogens (tertiary/aromatic N) is 2. The molecule has 5 heteroatoms. The highest BCUT2D eigenvalue weighted by Crippen LogP contribution is 2.39. The van der Waals surface area contributed by atoms with Gasteiger partial charge in [0.2, 0.25) is 0 Å². The van der Waals surface area contributed by atoms with Crippen LogP contribution >= 0.6 is 15.9 Å². The van der Waals surface area contributed by atoms with Crippen LogP contribution in [0.25, 0.3) is 10.9 Å². The number of hydrogen-bond donors (Lipinski definition) is 1. The fourth-order valence-corrected chi connectivity index (χ4v) is 4.39. The molecule has 0 aliphatic heterocycles. The van der Waals surface area contributed by atoms with Crippen LogP contribution in [0.4, 0.5) is 0 Å². The van der Waals surface area contributed by atoms with E-state index in [-0.39, 0.29) is 0 Å². The van der Waals surface area contributed by atoms with E-state index in [1.54, 1.807) is 7.11 Å². The van der Waals surface area contributed by atoms with Crippen molar-refractivity contribution in [1.29, 1.82) is 0 Å². The Bertz CT molecular complexity index is 670. The molecule has 1 aliphatic rings. The van der Waals surface area contributed by atoms with E-state index in [2.05, 4.69) is 45.1 Å². The quantitative estimate of drug-likeness (QED) is 0.715. The molecule has 140 valence electrons. The molecule has 0 amide bonds. The van der Waals surface area contributed by atoms with Crippen molar-refractivity contribution in [2.75, 3.05) is 20.7 Å². The molecule has 25 heavy (non-hydrogen) atoms. The van der Waals surface area contributed by atoms with E-state index >= 15 is 0 Å². The number of nitrogens with one attached hydrogen (secondary N) is 1. The van der Waals surface area contributed by atoms with Crippen LogP contribution in [-0.4, -0.2) is 30.5 Å². The summed E-state index contributed by atoms with van der Waals surface area (Å²) in [6.07, 6.45) is 7.31. The minimum absolute atomic E-state index is 0.512. The van der Waals surface area contributed by atoms with E-state index in [1.807, 2.05) is 27.0 Å². The predicted octanol–water partition coefficient (Wildman–Crippen LogP) is 5.42. The van der Waals surface area contributed by atoms with E-state index in [4.69, 9.17) is 9.84 Å². The summed E-state index contributed by atoms with van der Waals surface area (Å²) < 4.78 is 8.55. The highest BCUT2D eigenvalue weighted by molar-refractivity contribution is 9.10. The van der Waals surface area contributed by atoms with Crippen LogP contribution in [0.1, 0.15) is 52.5 Å². The molecule has 3 rings (SSSR count). The first-order valence-corrected chi connectivity index (χ1v) is 10.3. The van der Waals surface area contributed by atoms with Gasteiger partial charge in [0, 0.05) is 17.6 Å². The lowest BCUT2D eigenvalue weighted by Gasteiger charge is -2.34. The van der Waals surface area contributed by atoms with Gasteiger partial charge < -0.3 is 10.1 Å². The van der Waals surface area contributed by atoms with Crippen LogP contribution in [0, 0.1) is 11.8 Å². The van der Waals surface area contributed by atoms with Gasteiger partial charge in [-0.1, -0.05) is 20.8 Å². The van der Waals surface area contributed by atoms with Gasteiger partial charge in [-0.2, -0.15) is 5.10 Å². The third-order valence-electron chi connectivity index (χ3n) is 5.17. The lowest BCUT2D eigenvalue weighted by Crippen LogP contribution is -2.27. The summed E-state index contributed by atoms with van der Waals surface area (Å²) in [5.74, 6) is 2.37. The number of methoxy groups -OCH3 is 1. The minimum Gasteiger partial charge on any atom is -0.495 e. The Morgan fingerprint density at radius 1 is 1.32 bits per heavy atom. The number of hydrogen-bond acceptors (Lipinski definition) is 3. The van der Waals surface area contributed by atoms with Crippen molar-refractivity contribution in [3.05, 3.63) is 22.8 Å². The molecule has 2 unspecified atom stereocenters. The van der Waals surface area contributed by atoms with E-state index in [0.717, 1.165) is 28.2 Å². The van der Waals surface area contributed by atoms with Crippen LogP contribution in [0.2, 0.25) is 0 Å². The number of benzene rings is 1. The number of aromatic nitrogens is 2. The molecule has 0 spiro atoms. The van der Waals surface area contributed by atoms with E-state index in [0.29, 0.717) is 12.0 Å². The molecule has 0 bridgehead atoms. The summed E-state index contributed by atoms with van der Waals surface area (Å²) in [4.78, 5) is 0. The molecule has 1 N–H and O–H groups in total. The standard InChI is InChI=1S/C18H26BrN3O.C2H6/c1-12-8-13(6-7-20-2)4-5-17(12)22-11-14-9-15(19)18(23-3)10-16(14)21-22;1-2/h9-13,17,20H,4-8H2,1-3H3;1-2H3/t12-,13?,17?;/m1./s1. The van der Waals surface area contributed by atoms with Crippen molar-refractivity contribution in [2.24, 2.45) is 11.8 Å². The molecule has 0 saturated heterocycles. The fourth-order valence-electron chi connectivity index (χ4n) is 3.87. The molecule has 0 radical (unpaired) electrons. The number of rotatable bonds is 5. The summed E-state index contributed by atoms with van der Waals surface area (Å²) >= 11 is 3.56. The van der Waals surface area contributed by atoms with Gasteiger partial charge in [0.15, 0.2) is 0 Å². The zero-order valence-electron chi connectivity index (χ0n) is 16.2. The van der Waals surface area contributed by atoms with Crippen LogP contribution in [0.15, 0.2) is 22.8 Å². The SMILES string of the molecule is CC.CNCCC1CCC(n2cc3cc(Br)c(OC)cc3n2)[C@H](C)C1. The van der Waals surface area contributed by atoms with Crippen molar-refractivity contribution in [2.45, 2.75) is 52.5 Å². The van der Waals surface area contributed by atoms with Gasteiger partial charge in [-0.25, -0.2) is 0 Å². The molecule has 1 fully saturated rings. The summed E-state index contributed by atoms with van der Waals surface area (Å²) in [7, 11) is 3.73. The average Bonchev–Trinajstić information content (AvgIpc) is 3.03. The van der Waals surface area contributed by atoms with Crippen molar-refractivity contribution in [1.82, 2.24) is 15.1 Å². The predicted molar refractivity (Wildman–Crippen MR) is 109 cm³/mol. The van der Waals surface area contributed by atoms with Gasteiger partial charge in [-0.05, 0) is 73.1 Å². The first-order valence-electron chi connectivity index (χ1n) is 9.49. The molecule has 1 aromatic heterocycles. The summed E-state index contributed by atoms with van der Waals surface area (Å²) in [6, 6.07) is 4.62. The second-order valence-electron chi connectivity index (χ2n) is 6.77. The van der Waals surface area contributed by atoms with Gasteiger partial charge >= 0.3 is 0 Å². The molecule has 2 aromatic rings. The lowest BCUT2D eigenvalue weighted by atomic mass is 9.77. The van der Waals surface area contributed by atoms with Gasteiger partial charge in [-0.15, -0.1) is 0 Å². The van der Waals surface area contributed by atoms with Crippen LogP contribution in [0.5, 0.6) is 5.75 Å². The van der Waals surface area contributed by atoms with Crippen molar-refractivity contribution < 1.29 is 4.74 Å². The van der Waals surface area contributed by atoms with Crippen LogP contribution < -0.4 is 10.1 Å². The smallest absolute Gasteiger partial charge is 0.135 e. The normalized spacial score (nSPS) is 23.2. The molecule has 1 heterocycles. The van der Waals surface area contributed by atoms with Crippen LogP contribution in [-0.2, 0) is 0 Å². The largest absolute Gasteiger partial charge is 0.495 e. The van der Waals surface area contributed by atoms with Crippen molar-refractivity contribution >= 4 is 26.8 Å². The topological polar surface area (TPSA) is 39.1 Å². The minimum atomic E-state index is 0.512. The maximum absolute atomic E-state index is 5.38. The molecule has 4 nitrogen and oxygen atoms in total. The Labute approximate surface area is 160 Å². The first kappa shape index (κ1) is 20.2. The molecular formula is C20H32BrN3O. The Morgan fingerprint density at radius 2 is 2.08 bits per heavy atom. The molecular weight excluding hydrogens is 378 g/mol. The molecule has 1 aliphatic carbocycles. The summed E-state index contributed by atoms with van der Waals surface area (Å²) in [5, 5.41) is 9.27. The van der Waals surface area contributed by atoms with E-state index in [9.17, 15) is 0 Å². The molecule has 3 atom stereocenters. The monoisotopic (exact) mass is 409 g/mol. The second-order valence-corrected chi connectivity index (χ2v) is 7.62. The molecule has 1 aromatic carbocycles. The summed E-state index contributed by atoms with van der Waals surface area (Å²) in [5.41, 5.74) is 1.01. The Hall–Kier alpha value is -1.07. The highest BCUT2D eigenvalue weighted by Gasteiger charge is 2.29. The van der Waals surface area contributed by atoms with Gasteiger partial charge in [0.05, 0.1) is 23.1 Å². The fraction of sp³-hybridized carbons (Fsp3) is 0.650. The maximum Gasteiger partial charge on any atom is 0.135 e. The molecule has 1 saturated carbocycles. The first-order chi connectivity index (χ1) is 12.1. The Kier molecular flexibility index (Phi) is 7.76. The Balaban J connectivity index is 0.00000109. The maximum atomic E-state index is 5.38. The number of ether oxygens (including phenoxy) is 1. The van der Waals surface area contributed by atoms with E-state index in [1.165, 1.54) is 31.1 Å². The highest BCUT2D eigenvalue weighted by atomic mass is 79.9. The van der Waals surface area contributed by atoms with Gasteiger partial charge in [0.25, 0.3) is 0 Å². The van der Waals surface area contributed by atoms with Crippen molar-refractivity contribution in [3.8, 4) is 5.75 Å².